The number of hydrogen-bond donors (Lipinski definition) is 0. The minimum absolute atomic E-state index is 0. The molecule has 0 N–H and O–H groups in total. The molecule has 0 saturated heterocycles. The van der Waals surface area contributed by atoms with Crippen LogP contribution in [0.5, 0.6) is 0 Å². The summed E-state index contributed by atoms with van der Waals surface area (Å²) in [6.07, 6.45) is 0. The van der Waals surface area contributed by atoms with Crippen LogP contribution in [0.15, 0.2) is 0 Å². The largest absolute Gasteiger partial charge is 2.00 e. The zero-order chi connectivity index (χ0) is 4.50. The Kier molecular flexibility index (Phi) is 28.5. The third kappa shape index (κ3) is 61.5. The van der Waals surface area contributed by atoms with Gasteiger partial charge in [-0.2, -0.15) is 7.82 Å². The van der Waals surface area contributed by atoms with Gasteiger partial charge in [-0.05, 0) is 0 Å². The van der Waals surface area contributed by atoms with Crippen LogP contribution in [0.2, 0.25) is 0 Å². The van der Waals surface area contributed by atoms with E-state index in [9.17, 15) is 0 Å². The molecule has 0 unspecified atom stereocenters. The maximum absolute atomic E-state index is 8.55. The van der Waals surface area contributed by atoms with E-state index in [0.29, 0.717) is 0 Å². The molecule has 0 aromatic carbocycles. The van der Waals surface area contributed by atoms with Crippen LogP contribution in [-0.2, 0) is 4.57 Å². The first-order valence-electron chi connectivity index (χ1n) is 0.730. The zero-order valence-electron chi connectivity index (χ0n) is 4.49. The Balaban J connectivity index is -0.0000000267. The molecule has 0 fully saturated rings. The Morgan fingerprint density at radius 2 is 1.12 bits per heavy atom. The van der Waals surface area contributed by atoms with Crippen LogP contribution < -0.4 is 44.2 Å². The van der Waals surface area contributed by atoms with Crippen molar-refractivity contribution in [3.8, 4) is 0 Å². The smallest absolute Gasteiger partial charge is 0.822 e. The molecule has 0 aliphatic carbocycles. The summed E-state index contributed by atoms with van der Waals surface area (Å²) in [6.45, 7) is 0. The normalized spacial score (nSPS) is 7.38. The van der Waals surface area contributed by atoms with Crippen molar-refractivity contribution in [2.45, 2.75) is 0 Å². The van der Waals surface area contributed by atoms with Gasteiger partial charge in [0.15, 0.2) is 0 Å². The maximum Gasteiger partial charge on any atom is 2.00 e. The van der Waals surface area contributed by atoms with Crippen LogP contribution in [0.1, 0.15) is 0 Å². The van der Waals surface area contributed by atoms with E-state index in [4.69, 9.17) is 19.2 Å². The van der Waals surface area contributed by atoms with Gasteiger partial charge < -0.3 is 19.2 Å². The topological polar surface area (TPSA) is 86.2 Å². The molecule has 0 bridgehead atoms. The second-order valence-corrected chi connectivity index (χ2v) is 1.34. The van der Waals surface area contributed by atoms with E-state index in [1.54, 1.807) is 0 Å². The summed E-state index contributed by atoms with van der Waals surface area (Å²) in [5, 5.41) is 0. The molecular weight excluding hydrogens is 182 g/mol. The van der Waals surface area contributed by atoms with Crippen LogP contribution in [0.25, 0.3) is 0 Å². The van der Waals surface area contributed by atoms with Crippen LogP contribution in [0.3, 0.4) is 0 Å². The van der Waals surface area contributed by atoms with Gasteiger partial charge in [-0.15, -0.1) is 0 Å². The summed E-state index contributed by atoms with van der Waals surface area (Å²) in [5.74, 6) is 0. The summed E-state index contributed by atoms with van der Waals surface area (Å²) >= 11 is 0. The average Bonchev–Trinajstić information content (AvgIpc) is 0.722. The van der Waals surface area contributed by atoms with Crippen molar-refractivity contribution >= 4 is 68.6 Å². The minimum atomic E-state index is -5.39. The van der Waals surface area contributed by atoms with Crippen LogP contribution in [0.4, 0.5) is 0 Å². The molecule has 0 spiro atoms. The number of hydrogen-bond acceptors (Lipinski definition) is 4. The molecule has 32 valence electrons. The van der Waals surface area contributed by atoms with E-state index < -0.39 is 7.82 Å². The van der Waals surface area contributed by atoms with Crippen molar-refractivity contribution in [2.24, 2.45) is 0 Å². The fraction of sp³-hybridized carbons (Fsp3) is 0. The second kappa shape index (κ2) is 10.1. The molecule has 0 saturated carbocycles. The second-order valence-electron chi connectivity index (χ2n) is 0.447. The Bertz CT molecular complexity index is 62.2. The molecule has 0 aliphatic heterocycles. The van der Waals surface area contributed by atoms with Crippen LogP contribution >= 0.6 is 7.82 Å². The first kappa shape index (κ1) is 22.5. The van der Waals surface area contributed by atoms with Gasteiger partial charge in [-0.3, -0.25) is 0 Å². The molecule has 0 amide bonds. The quantitative estimate of drug-likeness (QED) is 0.275. The van der Waals surface area contributed by atoms with Crippen molar-refractivity contribution < 1.29 is 48.8 Å². The summed E-state index contributed by atoms with van der Waals surface area (Å²) in [6, 6.07) is 0. The Morgan fingerprint density at radius 3 is 1.12 bits per heavy atom. The Morgan fingerprint density at radius 1 is 1.12 bits per heavy atom. The Labute approximate surface area is 115 Å². The first-order chi connectivity index (χ1) is 2.00. The van der Waals surface area contributed by atoms with Crippen molar-refractivity contribution in [1.82, 2.24) is 0 Å². The molecule has 0 rings (SSSR count). The van der Waals surface area contributed by atoms with E-state index in [1.807, 2.05) is 0 Å². The molecule has 0 heterocycles. The van der Waals surface area contributed by atoms with Gasteiger partial charge in [0.1, 0.15) is 0 Å². The molecule has 0 atom stereocenters. The average molecular weight is 182 g/mol. The number of rotatable bonds is 0. The summed E-state index contributed by atoms with van der Waals surface area (Å²) in [5.41, 5.74) is 0. The van der Waals surface area contributed by atoms with E-state index in [0.717, 1.165) is 0 Å². The van der Waals surface area contributed by atoms with E-state index >= 15 is 0 Å². The fourth-order valence-electron chi connectivity index (χ4n) is 0. The molecule has 0 aromatic heterocycles. The first-order valence-corrected chi connectivity index (χ1v) is 2.19. The van der Waals surface area contributed by atoms with E-state index in [1.165, 1.54) is 0 Å². The SMILES string of the molecule is O=P([O-])([O-])[O-].[Ca+2].[Mg+2].[Na+]. The minimum Gasteiger partial charge on any atom is -0.822 e. The molecule has 4 nitrogen and oxygen atoms in total. The van der Waals surface area contributed by atoms with Gasteiger partial charge in [-0.25, -0.2) is 0 Å². The van der Waals surface area contributed by atoms with Gasteiger partial charge >= 0.3 is 90.3 Å². The van der Waals surface area contributed by atoms with Gasteiger partial charge in [0.25, 0.3) is 0 Å². The van der Waals surface area contributed by atoms with Gasteiger partial charge in [-0.1, -0.05) is 0 Å². The predicted octanol–water partition coefficient (Wildman–Crippen LogP) is -6.58. The molecule has 8 heteroatoms. The zero-order valence-corrected chi connectivity index (χ0v) is 11.0. The van der Waals surface area contributed by atoms with Crippen LogP contribution in [-0.4, -0.2) is 60.8 Å². The van der Waals surface area contributed by atoms with Crippen LogP contribution in [0, 0.1) is 0 Å². The molecular formula is CaMgNaO4P+2. The molecule has 0 radical (unpaired) electrons. The fourth-order valence-corrected chi connectivity index (χ4v) is 0. The van der Waals surface area contributed by atoms with Crippen molar-refractivity contribution in [3.63, 3.8) is 0 Å². The number of phosphoric acid groups is 1. The monoisotopic (exact) mass is 182 g/mol. The molecule has 0 aliphatic rings. The van der Waals surface area contributed by atoms with Crippen molar-refractivity contribution in [2.75, 3.05) is 0 Å². The van der Waals surface area contributed by atoms with Gasteiger partial charge in [0.05, 0.1) is 0 Å². The van der Waals surface area contributed by atoms with Crippen molar-refractivity contribution in [3.05, 3.63) is 0 Å². The van der Waals surface area contributed by atoms with E-state index in [2.05, 4.69) is 0 Å². The van der Waals surface area contributed by atoms with E-state index in [-0.39, 0.29) is 90.3 Å². The Hall–Kier alpha value is 3.14. The molecule has 0 aromatic rings. The third-order valence-corrected chi connectivity index (χ3v) is 0. The third-order valence-electron chi connectivity index (χ3n) is 0. The predicted molar refractivity (Wildman–Crippen MR) is 19.1 cm³/mol. The summed E-state index contributed by atoms with van der Waals surface area (Å²) in [4.78, 5) is 25.6. The van der Waals surface area contributed by atoms with Crippen molar-refractivity contribution in [1.29, 1.82) is 0 Å². The summed E-state index contributed by atoms with van der Waals surface area (Å²) < 4.78 is 8.55. The van der Waals surface area contributed by atoms with Gasteiger partial charge in [0, 0.05) is 0 Å². The standard InChI is InChI=1S/Ca.Mg.Na.H3O4P/c;;;1-5(2,3)4/h;;;(H3,1,2,3,4)/q2*+2;+1;/p-3. The van der Waals surface area contributed by atoms with Gasteiger partial charge in [0.2, 0.25) is 0 Å². The molecule has 8 heavy (non-hydrogen) atoms. The maximum atomic E-state index is 8.55. The summed E-state index contributed by atoms with van der Waals surface area (Å²) in [7, 11) is -5.39.